The van der Waals surface area contributed by atoms with Crippen molar-refractivity contribution in [2.24, 2.45) is 0 Å². The molecule has 0 saturated carbocycles. The Morgan fingerprint density at radius 1 is 1.82 bits per heavy atom. The average molecular weight is 157 g/mol. The standard InChI is InChI=1S/C7H12N2O2/c1-3-11-9-6-4-5-8-7(2)10/h1,9H,4-6H2,2H3,(H,8,10)/p+1. The minimum absolute atomic E-state index is 0.0112. The third-order valence-electron chi connectivity index (χ3n) is 1.02. The molecule has 11 heavy (non-hydrogen) atoms. The topological polar surface area (TPSA) is 54.9 Å². The summed E-state index contributed by atoms with van der Waals surface area (Å²) in [6, 6.07) is 0. The molecule has 0 heterocycles. The van der Waals surface area contributed by atoms with Crippen LogP contribution in [0.1, 0.15) is 13.3 Å². The molecule has 0 bridgehead atoms. The molecule has 0 unspecified atom stereocenters. The highest BCUT2D eigenvalue weighted by Crippen LogP contribution is 1.68. The van der Waals surface area contributed by atoms with Crippen LogP contribution in [0.5, 0.6) is 0 Å². The maximum absolute atomic E-state index is 10.3. The van der Waals surface area contributed by atoms with Gasteiger partial charge >= 0.3 is 0 Å². The fourth-order valence-electron chi connectivity index (χ4n) is 0.557. The van der Waals surface area contributed by atoms with E-state index in [9.17, 15) is 4.79 Å². The highest BCUT2D eigenvalue weighted by Gasteiger charge is 1.91. The van der Waals surface area contributed by atoms with E-state index in [2.05, 4.69) is 10.2 Å². The number of quaternary nitrogens is 1. The molecule has 0 rings (SSSR count). The Hall–Kier alpha value is -1.21. The van der Waals surface area contributed by atoms with Gasteiger partial charge in [0.1, 0.15) is 6.54 Å². The van der Waals surface area contributed by atoms with Gasteiger partial charge < -0.3 is 5.32 Å². The molecule has 0 aliphatic rings. The lowest BCUT2D eigenvalue weighted by Gasteiger charge is -1.98. The van der Waals surface area contributed by atoms with Gasteiger partial charge in [-0.2, -0.15) is 0 Å². The molecular formula is C7H13N2O2+. The van der Waals surface area contributed by atoms with E-state index < -0.39 is 0 Å². The molecule has 0 aromatic rings. The molecule has 0 aliphatic carbocycles. The minimum atomic E-state index is -0.0112. The SMILES string of the molecule is C#CO[NH2+]CCCNC(C)=O. The summed E-state index contributed by atoms with van der Waals surface area (Å²) in [5, 5.41) is 2.66. The van der Waals surface area contributed by atoms with Crippen LogP contribution in [-0.2, 0) is 9.63 Å². The molecule has 0 aliphatic heterocycles. The molecule has 0 fully saturated rings. The van der Waals surface area contributed by atoms with Gasteiger partial charge in [-0.3, -0.25) is 9.63 Å². The van der Waals surface area contributed by atoms with Crippen molar-refractivity contribution >= 4 is 5.91 Å². The van der Waals surface area contributed by atoms with Gasteiger partial charge in [-0.25, -0.2) is 0 Å². The first kappa shape index (κ1) is 9.79. The lowest BCUT2D eigenvalue weighted by atomic mass is 10.4. The summed E-state index contributed by atoms with van der Waals surface area (Å²) >= 11 is 0. The molecule has 0 saturated heterocycles. The second-order valence-corrected chi connectivity index (χ2v) is 2.03. The van der Waals surface area contributed by atoms with Gasteiger partial charge in [0.15, 0.2) is 6.11 Å². The largest absolute Gasteiger partial charge is 0.356 e. The fraction of sp³-hybridized carbons (Fsp3) is 0.571. The fourth-order valence-corrected chi connectivity index (χ4v) is 0.557. The molecular weight excluding hydrogens is 144 g/mol. The molecule has 0 radical (unpaired) electrons. The lowest BCUT2D eigenvalue weighted by Crippen LogP contribution is -2.82. The third-order valence-corrected chi connectivity index (χ3v) is 1.02. The summed E-state index contributed by atoms with van der Waals surface area (Å²) in [5.41, 5.74) is 1.54. The predicted molar refractivity (Wildman–Crippen MR) is 40.0 cm³/mol. The summed E-state index contributed by atoms with van der Waals surface area (Å²) < 4.78 is 0. The van der Waals surface area contributed by atoms with Gasteiger partial charge in [0.2, 0.25) is 5.91 Å². The van der Waals surface area contributed by atoms with E-state index in [0.717, 1.165) is 13.0 Å². The summed E-state index contributed by atoms with van der Waals surface area (Å²) in [5.74, 6) is -0.0112. The van der Waals surface area contributed by atoms with Crippen molar-refractivity contribution in [1.29, 1.82) is 0 Å². The van der Waals surface area contributed by atoms with E-state index in [4.69, 9.17) is 6.42 Å². The van der Waals surface area contributed by atoms with Crippen molar-refractivity contribution in [3.63, 3.8) is 0 Å². The normalized spacial score (nSPS) is 8.36. The van der Waals surface area contributed by atoms with Crippen LogP contribution in [-0.4, -0.2) is 19.0 Å². The van der Waals surface area contributed by atoms with Crippen LogP contribution in [0.3, 0.4) is 0 Å². The maximum atomic E-state index is 10.3. The van der Waals surface area contributed by atoms with E-state index >= 15 is 0 Å². The number of hydrogen-bond acceptors (Lipinski definition) is 2. The van der Waals surface area contributed by atoms with Crippen molar-refractivity contribution < 1.29 is 15.1 Å². The summed E-state index contributed by atoms with van der Waals surface area (Å²) in [7, 11) is 0. The van der Waals surface area contributed by atoms with Crippen molar-refractivity contribution in [2.45, 2.75) is 13.3 Å². The minimum Gasteiger partial charge on any atom is -0.356 e. The van der Waals surface area contributed by atoms with Crippen molar-refractivity contribution in [2.75, 3.05) is 13.1 Å². The van der Waals surface area contributed by atoms with Crippen LogP contribution in [0.25, 0.3) is 0 Å². The molecule has 62 valence electrons. The Kier molecular flexibility index (Phi) is 6.14. The summed E-state index contributed by atoms with van der Waals surface area (Å²) in [4.78, 5) is 14.9. The molecule has 4 nitrogen and oxygen atoms in total. The molecule has 3 N–H and O–H groups in total. The number of carbonyl (C=O) groups is 1. The van der Waals surface area contributed by atoms with E-state index in [1.165, 1.54) is 6.92 Å². The second kappa shape index (κ2) is 6.90. The molecule has 0 spiro atoms. The van der Waals surface area contributed by atoms with Gasteiger partial charge in [0, 0.05) is 19.9 Å². The molecule has 4 heteroatoms. The molecule has 1 amide bonds. The van der Waals surface area contributed by atoms with Gasteiger partial charge in [-0.05, 0) is 0 Å². The zero-order valence-electron chi connectivity index (χ0n) is 6.59. The number of amides is 1. The van der Waals surface area contributed by atoms with Crippen molar-refractivity contribution in [1.82, 2.24) is 5.32 Å². The third kappa shape index (κ3) is 8.79. The average Bonchev–Trinajstić information content (AvgIpc) is 1.96. The van der Waals surface area contributed by atoms with Gasteiger partial charge in [0.25, 0.3) is 0 Å². The highest BCUT2D eigenvalue weighted by molar-refractivity contribution is 5.72. The second-order valence-electron chi connectivity index (χ2n) is 2.03. The maximum Gasteiger partial charge on any atom is 0.216 e. The summed E-state index contributed by atoms with van der Waals surface area (Å²) in [6.07, 6.45) is 7.69. The Morgan fingerprint density at radius 3 is 3.09 bits per heavy atom. The first-order valence-electron chi connectivity index (χ1n) is 3.44. The van der Waals surface area contributed by atoms with Crippen LogP contribution in [0.4, 0.5) is 0 Å². The smallest absolute Gasteiger partial charge is 0.216 e. The van der Waals surface area contributed by atoms with Crippen LogP contribution >= 0.6 is 0 Å². The monoisotopic (exact) mass is 157 g/mol. The quantitative estimate of drug-likeness (QED) is 0.293. The first-order valence-corrected chi connectivity index (χ1v) is 3.44. The van der Waals surface area contributed by atoms with E-state index in [1.54, 1.807) is 5.48 Å². The zero-order valence-corrected chi connectivity index (χ0v) is 6.59. The lowest BCUT2D eigenvalue weighted by molar-refractivity contribution is -0.875. The number of carbonyl (C=O) groups excluding carboxylic acids is 1. The number of rotatable bonds is 5. The van der Waals surface area contributed by atoms with E-state index in [1.807, 2.05) is 6.11 Å². The van der Waals surface area contributed by atoms with Crippen LogP contribution in [0.2, 0.25) is 0 Å². The number of nitrogens with two attached hydrogens (primary N) is 1. The Morgan fingerprint density at radius 2 is 2.55 bits per heavy atom. The van der Waals surface area contributed by atoms with Gasteiger partial charge in [0.05, 0.1) is 0 Å². The number of hydrogen-bond donors (Lipinski definition) is 2. The van der Waals surface area contributed by atoms with Crippen molar-refractivity contribution in [3.05, 3.63) is 0 Å². The Bertz CT molecular complexity index is 151. The van der Waals surface area contributed by atoms with Gasteiger partial charge in [-0.15, -0.1) is 5.48 Å². The molecule has 0 aromatic carbocycles. The number of nitrogens with one attached hydrogen (secondary N) is 1. The zero-order chi connectivity index (χ0) is 8.53. The Balaban J connectivity index is 2.92. The van der Waals surface area contributed by atoms with Gasteiger partial charge in [-0.1, -0.05) is 6.42 Å². The van der Waals surface area contributed by atoms with Crippen LogP contribution < -0.4 is 10.8 Å². The van der Waals surface area contributed by atoms with E-state index in [0.29, 0.717) is 6.54 Å². The van der Waals surface area contributed by atoms with Crippen LogP contribution in [0, 0.1) is 12.5 Å². The van der Waals surface area contributed by atoms with Crippen LogP contribution in [0.15, 0.2) is 0 Å². The highest BCUT2D eigenvalue weighted by atomic mass is 16.6. The summed E-state index contributed by atoms with van der Waals surface area (Å²) in [6.45, 7) is 2.91. The van der Waals surface area contributed by atoms with Crippen molar-refractivity contribution in [3.8, 4) is 12.5 Å². The first-order chi connectivity index (χ1) is 5.27. The number of terminal acetylenes is 1. The van der Waals surface area contributed by atoms with E-state index in [-0.39, 0.29) is 5.91 Å². The number of hydroxylamine groups is 1. The Labute approximate surface area is 66.3 Å². The predicted octanol–water partition coefficient (Wildman–Crippen LogP) is -1.40. The molecule has 0 aromatic heterocycles. The molecule has 0 atom stereocenters.